The summed E-state index contributed by atoms with van der Waals surface area (Å²) in [7, 11) is 0. The van der Waals surface area contributed by atoms with Gasteiger partial charge < -0.3 is 14.5 Å². The first-order chi connectivity index (χ1) is 19.4. The van der Waals surface area contributed by atoms with E-state index in [1.165, 1.54) is 0 Å². The number of unbranched alkanes of at least 4 members (excludes halogenated alkanes) is 1. The smallest absolute Gasteiger partial charge is 0.364 e. The number of rotatable bonds is 9. The lowest BCUT2D eigenvalue weighted by molar-refractivity contribution is -0.124. The minimum atomic E-state index is -0.554. The maximum Gasteiger partial charge on any atom is 0.364 e. The second-order valence-corrected chi connectivity index (χ2v) is 10.9. The fraction of sp³-hybridized carbons (Fsp3) is 0.355. The number of piperazine rings is 1. The van der Waals surface area contributed by atoms with Crippen molar-refractivity contribution in [1.29, 1.82) is 0 Å². The Kier molecular flexibility index (Phi) is 9.15. The molecular weight excluding hydrogens is 549 g/mol. The molecular formula is C31H33Cl2N3O4. The van der Waals surface area contributed by atoms with Gasteiger partial charge in [-0.1, -0.05) is 53.5 Å². The maximum atomic E-state index is 12.8. The summed E-state index contributed by atoms with van der Waals surface area (Å²) in [5.41, 5.74) is 3.74. The van der Waals surface area contributed by atoms with Crippen molar-refractivity contribution in [2.24, 2.45) is 0 Å². The van der Waals surface area contributed by atoms with Crippen LogP contribution in [0.2, 0.25) is 10.0 Å². The van der Waals surface area contributed by atoms with Gasteiger partial charge in [0.25, 0.3) is 5.91 Å². The third kappa shape index (κ3) is 6.54. The molecule has 0 spiro atoms. The predicted octanol–water partition coefficient (Wildman–Crippen LogP) is 6.33. The Bertz CT molecular complexity index is 1370. The van der Waals surface area contributed by atoms with E-state index in [2.05, 4.69) is 9.80 Å². The van der Waals surface area contributed by atoms with E-state index in [9.17, 15) is 9.59 Å². The predicted molar refractivity (Wildman–Crippen MR) is 159 cm³/mol. The van der Waals surface area contributed by atoms with Crippen molar-refractivity contribution in [2.45, 2.75) is 32.6 Å². The summed E-state index contributed by atoms with van der Waals surface area (Å²) in [6, 6.07) is 18.6. The number of hydroxylamine groups is 1. The lowest BCUT2D eigenvalue weighted by Gasteiger charge is -2.36. The molecule has 210 valence electrons. The first kappa shape index (κ1) is 28.3. The molecule has 2 aliphatic heterocycles. The molecule has 0 N–H and O–H groups in total. The van der Waals surface area contributed by atoms with Crippen molar-refractivity contribution in [3.05, 3.63) is 87.4 Å². The Balaban J connectivity index is 1.09. The number of amides is 1. The molecule has 0 saturated carbocycles. The summed E-state index contributed by atoms with van der Waals surface area (Å²) < 4.78 is 6.02. The van der Waals surface area contributed by atoms with Gasteiger partial charge in [0.1, 0.15) is 5.75 Å². The van der Waals surface area contributed by atoms with E-state index in [4.69, 9.17) is 32.8 Å². The maximum absolute atomic E-state index is 12.8. The molecule has 0 aromatic heterocycles. The summed E-state index contributed by atoms with van der Waals surface area (Å²) >= 11 is 12.6. The summed E-state index contributed by atoms with van der Waals surface area (Å²) in [6.45, 7) is 7.17. The molecule has 1 amide bonds. The van der Waals surface area contributed by atoms with Crippen LogP contribution in [0.15, 0.2) is 60.7 Å². The Hall–Kier alpha value is -3.26. The van der Waals surface area contributed by atoms with Crippen molar-refractivity contribution >= 4 is 46.5 Å². The third-order valence-corrected chi connectivity index (χ3v) is 8.24. The summed E-state index contributed by atoms with van der Waals surface area (Å²) in [4.78, 5) is 35.8. The fourth-order valence-electron chi connectivity index (χ4n) is 5.12. The zero-order valence-electron chi connectivity index (χ0n) is 22.6. The van der Waals surface area contributed by atoms with E-state index in [0.717, 1.165) is 67.4 Å². The normalized spacial score (nSPS) is 15.6. The number of aryl methyl sites for hydroxylation is 2. The van der Waals surface area contributed by atoms with Gasteiger partial charge in [0.15, 0.2) is 0 Å². The van der Waals surface area contributed by atoms with Crippen LogP contribution >= 0.6 is 23.2 Å². The molecule has 3 aromatic carbocycles. The molecule has 40 heavy (non-hydrogen) atoms. The van der Waals surface area contributed by atoms with Crippen LogP contribution in [-0.4, -0.2) is 56.1 Å². The number of carbonyl (C=O) groups excluding carboxylic acids is 2. The van der Waals surface area contributed by atoms with Gasteiger partial charge in [-0.05, 0) is 68.1 Å². The fourth-order valence-corrected chi connectivity index (χ4v) is 5.54. The highest BCUT2D eigenvalue weighted by molar-refractivity contribution is 6.43. The van der Waals surface area contributed by atoms with Gasteiger partial charge >= 0.3 is 5.97 Å². The zero-order valence-corrected chi connectivity index (χ0v) is 24.1. The third-order valence-electron chi connectivity index (χ3n) is 7.43. The van der Waals surface area contributed by atoms with Crippen molar-refractivity contribution in [1.82, 2.24) is 4.90 Å². The minimum Gasteiger partial charge on any atom is -0.494 e. The van der Waals surface area contributed by atoms with Crippen molar-refractivity contribution in [3.63, 3.8) is 0 Å². The number of halogens is 2. The molecule has 0 bridgehead atoms. The monoisotopic (exact) mass is 581 g/mol. The van der Waals surface area contributed by atoms with Crippen LogP contribution in [0.5, 0.6) is 5.75 Å². The number of anilines is 2. The molecule has 1 fully saturated rings. The highest BCUT2D eigenvalue weighted by Gasteiger charge is 2.29. The lowest BCUT2D eigenvalue weighted by atomic mass is 10.0. The minimum absolute atomic E-state index is 0.246. The van der Waals surface area contributed by atoms with Crippen LogP contribution in [0.25, 0.3) is 0 Å². The molecule has 1 saturated heterocycles. The van der Waals surface area contributed by atoms with Gasteiger partial charge in [0, 0.05) is 38.7 Å². The molecule has 3 aromatic rings. The summed E-state index contributed by atoms with van der Waals surface area (Å²) in [6.07, 6.45) is 2.81. The largest absolute Gasteiger partial charge is 0.494 e. The topological polar surface area (TPSA) is 62.3 Å². The van der Waals surface area contributed by atoms with Crippen LogP contribution in [0.1, 0.15) is 40.7 Å². The van der Waals surface area contributed by atoms with E-state index in [1.807, 2.05) is 49.4 Å². The molecule has 2 aliphatic rings. The molecule has 9 heteroatoms. The van der Waals surface area contributed by atoms with E-state index in [-0.39, 0.29) is 12.3 Å². The van der Waals surface area contributed by atoms with Gasteiger partial charge in [0.2, 0.25) is 0 Å². The van der Waals surface area contributed by atoms with E-state index in [0.29, 0.717) is 40.1 Å². The van der Waals surface area contributed by atoms with Crippen LogP contribution in [0, 0.1) is 6.92 Å². The van der Waals surface area contributed by atoms with Gasteiger partial charge in [-0.2, -0.15) is 0 Å². The standard InChI is InChI=1S/C31H33Cl2N3O4/c1-22-7-2-3-8-25(22)31(38)40-36-28-21-24(13-11-23(28)12-14-29(36)37)39-20-5-4-15-34-16-18-35(19-17-34)27-10-6-9-26(32)30(27)33/h2-3,6-11,13,21H,4-5,12,14-20H2,1H3. The van der Waals surface area contributed by atoms with Gasteiger partial charge in [0.05, 0.1) is 33.6 Å². The van der Waals surface area contributed by atoms with Crippen LogP contribution < -0.4 is 14.7 Å². The Morgan fingerprint density at radius 3 is 2.50 bits per heavy atom. The van der Waals surface area contributed by atoms with Crippen molar-refractivity contribution in [3.8, 4) is 5.75 Å². The molecule has 2 heterocycles. The molecule has 0 aliphatic carbocycles. The molecule has 0 atom stereocenters. The summed E-state index contributed by atoms with van der Waals surface area (Å²) in [5, 5.41) is 2.33. The van der Waals surface area contributed by atoms with E-state index >= 15 is 0 Å². The number of hydrogen-bond donors (Lipinski definition) is 0. The van der Waals surface area contributed by atoms with Gasteiger partial charge in [-0.15, -0.1) is 5.06 Å². The summed E-state index contributed by atoms with van der Waals surface area (Å²) in [5.74, 6) is -0.149. The highest BCUT2D eigenvalue weighted by atomic mass is 35.5. The zero-order chi connectivity index (χ0) is 28.1. The number of ether oxygens (including phenoxy) is 1. The Labute approximate surface area is 245 Å². The molecule has 7 nitrogen and oxygen atoms in total. The van der Waals surface area contributed by atoms with Crippen LogP contribution in [-0.2, 0) is 16.1 Å². The first-order valence-electron chi connectivity index (χ1n) is 13.7. The second kappa shape index (κ2) is 12.9. The SMILES string of the molecule is Cc1ccccc1C(=O)ON1C(=O)CCc2ccc(OCCCCN3CCN(c4cccc(Cl)c4Cl)CC3)cc21. The van der Waals surface area contributed by atoms with Crippen LogP contribution in [0.3, 0.4) is 0 Å². The first-order valence-corrected chi connectivity index (χ1v) is 14.4. The Morgan fingerprint density at radius 2 is 1.70 bits per heavy atom. The average Bonchev–Trinajstić information content (AvgIpc) is 2.96. The van der Waals surface area contributed by atoms with E-state index in [1.54, 1.807) is 18.2 Å². The number of fused-ring (bicyclic) bond motifs is 1. The second-order valence-electron chi connectivity index (χ2n) is 10.1. The van der Waals surface area contributed by atoms with E-state index < -0.39 is 5.97 Å². The number of benzene rings is 3. The average molecular weight is 583 g/mol. The molecule has 5 rings (SSSR count). The number of hydrogen-bond acceptors (Lipinski definition) is 6. The van der Waals surface area contributed by atoms with Crippen molar-refractivity contribution in [2.75, 3.05) is 49.3 Å². The molecule has 0 radical (unpaired) electrons. The Morgan fingerprint density at radius 1 is 0.900 bits per heavy atom. The quantitative estimate of drug-likeness (QED) is 0.275. The lowest BCUT2D eigenvalue weighted by Crippen LogP contribution is -2.46. The molecule has 0 unspecified atom stereocenters. The highest BCUT2D eigenvalue weighted by Crippen LogP contribution is 2.34. The van der Waals surface area contributed by atoms with Crippen molar-refractivity contribution < 1.29 is 19.2 Å². The van der Waals surface area contributed by atoms with Crippen LogP contribution in [0.4, 0.5) is 11.4 Å². The van der Waals surface area contributed by atoms with Gasteiger partial charge in [-0.25, -0.2) is 4.79 Å². The van der Waals surface area contributed by atoms with Gasteiger partial charge in [-0.3, -0.25) is 9.69 Å². The number of nitrogens with zero attached hydrogens (tertiary/aromatic N) is 3. The number of carbonyl (C=O) groups is 2.